The average molecular weight is 238 g/mol. The maximum absolute atomic E-state index is 10.9. The molecule has 4 nitrogen and oxygen atoms in total. The van der Waals surface area contributed by atoms with Gasteiger partial charge in [-0.1, -0.05) is 19.9 Å². The van der Waals surface area contributed by atoms with Crippen molar-refractivity contribution in [2.45, 2.75) is 39.0 Å². The summed E-state index contributed by atoms with van der Waals surface area (Å²) in [6, 6.07) is 0. The zero-order valence-corrected chi connectivity index (χ0v) is 10.6. The Kier molecular flexibility index (Phi) is 5.73. The van der Waals surface area contributed by atoms with Crippen molar-refractivity contribution in [3.63, 3.8) is 0 Å². The summed E-state index contributed by atoms with van der Waals surface area (Å²) in [6.45, 7) is 7.34. The van der Waals surface area contributed by atoms with Crippen LogP contribution in [0.1, 0.15) is 39.0 Å². The number of nitrogens with one attached hydrogen (secondary N) is 1. The van der Waals surface area contributed by atoms with Gasteiger partial charge >= 0.3 is 0 Å². The number of amides is 2. The van der Waals surface area contributed by atoms with Gasteiger partial charge in [0.15, 0.2) is 0 Å². The third kappa shape index (κ3) is 5.02. The minimum atomic E-state index is 0.206. The lowest BCUT2D eigenvalue weighted by atomic mass is 10.2. The molecular formula is C13H22N2O2. The van der Waals surface area contributed by atoms with Crippen molar-refractivity contribution in [1.29, 1.82) is 0 Å². The monoisotopic (exact) mass is 238 g/mol. The van der Waals surface area contributed by atoms with Crippen LogP contribution in [0.3, 0.4) is 0 Å². The molecule has 2 amide bonds. The van der Waals surface area contributed by atoms with E-state index in [0.29, 0.717) is 12.3 Å². The molecule has 2 aliphatic rings. The molecule has 1 atom stereocenters. The van der Waals surface area contributed by atoms with Crippen molar-refractivity contribution in [2.75, 3.05) is 13.1 Å². The highest BCUT2D eigenvalue weighted by molar-refractivity contribution is 5.79. The molecule has 2 aliphatic heterocycles. The molecule has 0 aliphatic carbocycles. The first-order valence-electron chi connectivity index (χ1n) is 6.32. The van der Waals surface area contributed by atoms with E-state index >= 15 is 0 Å². The number of hydrogen-bond donors (Lipinski definition) is 1. The molecule has 0 spiro atoms. The number of rotatable bonds is 1. The molecule has 96 valence electrons. The SMILES string of the molecule is C=CN1CC(C)CC1=O.O=C1CCCCCN1. The fourth-order valence-electron chi connectivity index (χ4n) is 2.00. The highest BCUT2D eigenvalue weighted by Gasteiger charge is 2.23. The first-order chi connectivity index (χ1) is 8.13. The van der Waals surface area contributed by atoms with Gasteiger partial charge in [-0.15, -0.1) is 0 Å². The Balaban J connectivity index is 0.000000171. The van der Waals surface area contributed by atoms with Gasteiger partial charge in [-0.3, -0.25) is 9.59 Å². The highest BCUT2D eigenvalue weighted by Crippen LogP contribution is 2.15. The molecule has 0 bridgehead atoms. The van der Waals surface area contributed by atoms with Crippen molar-refractivity contribution >= 4 is 11.8 Å². The van der Waals surface area contributed by atoms with Gasteiger partial charge in [0.25, 0.3) is 0 Å². The Bertz CT molecular complexity index is 279. The minimum Gasteiger partial charge on any atom is -0.356 e. The molecular weight excluding hydrogens is 216 g/mol. The molecule has 0 saturated carbocycles. The summed E-state index contributed by atoms with van der Waals surface area (Å²) in [7, 11) is 0. The Hall–Kier alpha value is -1.32. The summed E-state index contributed by atoms with van der Waals surface area (Å²) < 4.78 is 0. The van der Waals surface area contributed by atoms with E-state index in [-0.39, 0.29) is 11.8 Å². The van der Waals surface area contributed by atoms with Crippen LogP contribution in [-0.4, -0.2) is 29.8 Å². The molecule has 2 fully saturated rings. The number of carbonyl (C=O) groups is 2. The van der Waals surface area contributed by atoms with Crippen molar-refractivity contribution < 1.29 is 9.59 Å². The van der Waals surface area contributed by atoms with E-state index in [1.165, 1.54) is 6.42 Å². The predicted molar refractivity (Wildman–Crippen MR) is 67.2 cm³/mol. The molecule has 0 aromatic carbocycles. The number of likely N-dealkylation sites (tertiary alicyclic amines) is 1. The predicted octanol–water partition coefficient (Wildman–Crippen LogP) is 1.67. The molecule has 17 heavy (non-hydrogen) atoms. The second kappa shape index (κ2) is 7.09. The van der Waals surface area contributed by atoms with Crippen LogP contribution < -0.4 is 5.32 Å². The zero-order valence-electron chi connectivity index (χ0n) is 10.6. The van der Waals surface area contributed by atoms with Gasteiger partial charge in [0.1, 0.15) is 0 Å². The topological polar surface area (TPSA) is 49.4 Å². The minimum absolute atomic E-state index is 0.206. The average Bonchev–Trinajstić information content (AvgIpc) is 2.50. The standard InChI is InChI=1S/C7H11NO.C6H11NO/c1-3-8-5-6(2)4-7(8)9;8-6-4-2-1-3-5-7-6/h3,6H,1,4-5H2,2H3;1-5H2,(H,7,8). The lowest BCUT2D eigenvalue weighted by Gasteiger charge is -2.06. The summed E-state index contributed by atoms with van der Waals surface area (Å²) in [5, 5.41) is 2.81. The number of nitrogens with zero attached hydrogens (tertiary/aromatic N) is 1. The third-order valence-corrected chi connectivity index (χ3v) is 2.97. The van der Waals surface area contributed by atoms with Crippen molar-refractivity contribution in [3.8, 4) is 0 Å². The summed E-state index contributed by atoms with van der Waals surface area (Å²) in [6.07, 6.45) is 6.47. The van der Waals surface area contributed by atoms with Crippen LogP contribution in [0.2, 0.25) is 0 Å². The third-order valence-electron chi connectivity index (χ3n) is 2.97. The van der Waals surface area contributed by atoms with Gasteiger partial charge in [-0.05, 0) is 25.0 Å². The first kappa shape index (κ1) is 13.7. The fraction of sp³-hybridized carbons (Fsp3) is 0.692. The van der Waals surface area contributed by atoms with Crippen molar-refractivity contribution in [1.82, 2.24) is 10.2 Å². The number of carbonyl (C=O) groups excluding carboxylic acids is 2. The van der Waals surface area contributed by atoms with Crippen LogP contribution in [0, 0.1) is 5.92 Å². The summed E-state index contributed by atoms with van der Waals surface area (Å²) in [4.78, 5) is 23.1. The lowest BCUT2D eigenvalue weighted by Crippen LogP contribution is -2.21. The Morgan fingerprint density at radius 3 is 2.65 bits per heavy atom. The fourth-order valence-corrected chi connectivity index (χ4v) is 2.00. The summed E-state index contributed by atoms with van der Waals surface area (Å²) in [5.41, 5.74) is 0. The molecule has 0 radical (unpaired) electrons. The van der Waals surface area contributed by atoms with Gasteiger partial charge in [0, 0.05) is 25.9 Å². The molecule has 4 heteroatoms. The largest absolute Gasteiger partial charge is 0.356 e. The van der Waals surface area contributed by atoms with Gasteiger partial charge < -0.3 is 10.2 Å². The molecule has 1 unspecified atom stereocenters. The second-order valence-electron chi connectivity index (χ2n) is 4.70. The number of hydrogen-bond acceptors (Lipinski definition) is 2. The van der Waals surface area contributed by atoms with Crippen LogP contribution >= 0.6 is 0 Å². The summed E-state index contributed by atoms with van der Waals surface area (Å²) in [5.74, 6) is 0.940. The van der Waals surface area contributed by atoms with Crippen LogP contribution in [0.25, 0.3) is 0 Å². The zero-order chi connectivity index (χ0) is 12.7. The van der Waals surface area contributed by atoms with Crippen LogP contribution in [0.15, 0.2) is 12.8 Å². The molecule has 0 aromatic heterocycles. The lowest BCUT2D eigenvalue weighted by molar-refractivity contribution is -0.125. The Morgan fingerprint density at radius 2 is 2.12 bits per heavy atom. The van der Waals surface area contributed by atoms with Gasteiger partial charge in [0.05, 0.1) is 0 Å². The van der Waals surface area contributed by atoms with E-state index in [9.17, 15) is 9.59 Å². The highest BCUT2D eigenvalue weighted by atomic mass is 16.2. The van der Waals surface area contributed by atoms with Crippen molar-refractivity contribution in [2.24, 2.45) is 5.92 Å². The normalized spacial score (nSPS) is 24.5. The molecule has 0 aromatic rings. The van der Waals surface area contributed by atoms with Crippen LogP contribution in [0.5, 0.6) is 0 Å². The maximum atomic E-state index is 10.9. The van der Waals surface area contributed by atoms with E-state index in [0.717, 1.165) is 32.4 Å². The van der Waals surface area contributed by atoms with Gasteiger partial charge in [0.2, 0.25) is 11.8 Å². The van der Waals surface area contributed by atoms with Crippen molar-refractivity contribution in [3.05, 3.63) is 12.8 Å². The second-order valence-corrected chi connectivity index (χ2v) is 4.70. The summed E-state index contributed by atoms with van der Waals surface area (Å²) >= 11 is 0. The maximum Gasteiger partial charge on any atom is 0.226 e. The van der Waals surface area contributed by atoms with E-state index < -0.39 is 0 Å². The van der Waals surface area contributed by atoms with Gasteiger partial charge in [-0.25, -0.2) is 0 Å². The Labute approximate surface area is 103 Å². The molecule has 1 N–H and O–H groups in total. The van der Waals surface area contributed by atoms with E-state index in [1.54, 1.807) is 11.1 Å². The van der Waals surface area contributed by atoms with E-state index in [4.69, 9.17) is 0 Å². The smallest absolute Gasteiger partial charge is 0.226 e. The van der Waals surface area contributed by atoms with E-state index in [2.05, 4.69) is 18.8 Å². The molecule has 2 heterocycles. The quantitative estimate of drug-likeness (QED) is 0.755. The molecule has 2 saturated heterocycles. The van der Waals surface area contributed by atoms with Crippen LogP contribution in [0.4, 0.5) is 0 Å². The van der Waals surface area contributed by atoms with Gasteiger partial charge in [-0.2, -0.15) is 0 Å². The van der Waals surface area contributed by atoms with E-state index in [1.807, 2.05) is 0 Å². The molecule has 2 rings (SSSR count). The van der Waals surface area contributed by atoms with Crippen LogP contribution in [-0.2, 0) is 9.59 Å². The Morgan fingerprint density at radius 1 is 1.35 bits per heavy atom. The first-order valence-corrected chi connectivity index (χ1v) is 6.32.